The fourth-order valence-corrected chi connectivity index (χ4v) is 2.19. The van der Waals surface area contributed by atoms with Crippen LogP contribution in [0.25, 0.3) is 0 Å². The van der Waals surface area contributed by atoms with E-state index in [0.29, 0.717) is 11.7 Å². The minimum atomic E-state index is -0.230. The molecule has 2 rings (SSSR count). The molecule has 0 heterocycles. The zero-order valence-electron chi connectivity index (χ0n) is 10.5. The molecular formula is C14H21FN2. The summed E-state index contributed by atoms with van der Waals surface area (Å²) in [6.45, 7) is 4.13. The zero-order valence-corrected chi connectivity index (χ0v) is 10.5. The molecule has 2 N–H and O–H groups in total. The zero-order chi connectivity index (χ0) is 12.3. The third-order valence-electron chi connectivity index (χ3n) is 3.23. The van der Waals surface area contributed by atoms with Crippen molar-refractivity contribution in [1.29, 1.82) is 0 Å². The maximum Gasteiger partial charge on any atom is 0.125 e. The Morgan fingerprint density at radius 3 is 2.71 bits per heavy atom. The lowest BCUT2D eigenvalue weighted by Gasteiger charge is -2.22. The van der Waals surface area contributed by atoms with Crippen molar-refractivity contribution in [3.8, 4) is 0 Å². The van der Waals surface area contributed by atoms with Gasteiger partial charge in [-0.3, -0.25) is 4.90 Å². The van der Waals surface area contributed by atoms with Gasteiger partial charge in [0.25, 0.3) is 0 Å². The number of halogens is 1. The van der Waals surface area contributed by atoms with Crippen LogP contribution in [0.3, 0.4) is 0 Å². The van der Waals surface area contributed by atoms with Crippen LogP contribution in [0.2, 0.25) is 0 Å². The largest absolute Gasteiger partial charge is 0.399 e. The van der Waals surface area contributed by atoms with Gasteiger partial charge in [0.2, 0.25) is 0 Å². The normalized spacial score (nSPS) is 15.5. The van der Waals surface area contributed by atoms with Gasteiger partial charge in [0.15, 0.2) is 0 Å². The van der Waals surface area contributed by atoms with Gasteiger partial charge in [-0.25, -0.2) is 4.39 Å². The molecule has 0 spiro atoms. The third-order valence-corrected chi connectivity index (χ3v) is 3.23. The monoisotopic (exact) mass is 236 g/mol. The number of nitrogen functional groups attached to an aromatic ring is 1. The van der Waals surface area contributed by atoms with Crippen molar-refractivity contribution < 1.29 is 4.39 Å². The number of rotatable bonds is 6. The highest BCUT2D eigenvalue weighted by Crippen LogP contribution is 2.29. The predicted octanol–water partition coefficient (Wildman–Crippen LogP) is 3.17. The van der Waals surface area contributed by atoms with E-state index in [9.17, 15) is 4.39 Å². The summed E-state index contributed by atoms with van der Waals surface area (Å²) in [5.74, 6) is -0.230. The Morgan fingerprint density at radius 1 is 1.35 bits per heavy atom. The third kappa shape index (κ3) is 3.70. The number of benzene rings is 1. The SMILES string of the molecule is CCCCN(Cc1cc(N)cc(F)c1)C1CC1. The maximum atomic E-state index is 13.2. The molecule has 1 aromatic carbocycles. The summed E-state index contributed by atoms with van der Waals surface area (Å²) in [4.78, 5) is 2.46. The van der Waals surface area contributed by atoms with E-state index in [-0.39, 0.29) is 5.82 Å². The molecule has 1 fully saturated rings. The quantitative estimate of drug-likeness (QED) is 0.769. The molecule has 0 unspecified atom stereocenters. The molecule has 1 saturated carbocycles. The molecule has 17 heavy (non-hydrogen) atoms. The van der Waals surface area contributed by atoms with Gasteiger partial charge in [0.05, 0.1) is 0 Å². The minimum Gasteiger partial charge on any atom is -0.399 e. The summed E-state index contributed by atoms with van der Waals surface area (Å²) in [5, 5.41) is 0. The van der Waals surface area contributed by atoms with Crippen LogP contribution in [0, 0.1) is 5.82 Å². The Morgan fingerprint density at radius 2 is 2.12 bits per heavy atom. The summed E-state index contributed by atoms with van der Waals surface area (Å²) in [7, 11) is 0. The molecular weight excluding hydrogens is 215 g/mol. The number of anilines is 1. The number of unbranched alkanes of at least 4 members (excludes halogenated alkanes) is 1. The lowest BCUT2D eigenvalue weighted by Crippen LogP contribution is -2.26. The summed E-state index contributed by atoms with van der Waals surface area (Å²) < 4.78 is 13.2. The van der Waals surface area contributed by atoms with Crippen molar-refractivity contribution in [2.75, 3.05) is 12.3 Å². The standard InChI is InChI=1S/C14H21FN2/c1-2-3-6-17(14-4-5-14)10-11-7-12(15)9-13(16)8-11/h7-9,14H,2-6,10,16H2,1H3. The van der Waals surface area contributed by atoms with E-state index in [1.54, 1.807) is 6.07 Å². The first-order valence-electron chi connectivity index (χ1n) is 6.48. The summed E-state index contributed by atoms with van der Waals surface area (Å²) in [5.41, 5.74) is 7.18. The van der Waals surface area contributed by atoms with Gasteiger partial charge in [-0.1, -0.05) is 13.3 Å². The highest BCUT2D eigenvalue weighted by molar-refractivity contribution is 5.41. The smallest absolute Gasteiger partial charge is 0.125 e. The molecule has 0 bridgehead atoms. The average molecular weight is 236 g/mol. The Kier molecular flexibility index (Phi) is 4.00. The molecule has 1 aliphatic carbocycles. The summed E-state index contributed by atoms with van der Waals surface area (Å²) >= 11 is 0. The average Bonchev–Trinajstić information content (AvgIpc) is 3.06. The number of nitrogens with two attached hydrogens (primary N) is 1. The molecule has 3 heteroatoms. The van der Waals surface area contributed by atoms with Gasteiger partial charge in [0, 0.05) is 18.3 Å². The Labute approximate surface area is 103 Å². The number of hydrogen-bond donors (Lipinski definition) is 1. The van der Waals surface area contributed by atoms with E-state index < -0.39 is 0 Å². The highest BCUT2D eigenvalue weighted by Gasteiger charge is 2.28. The first kappa shape index (κ1) is 12.4. The maximum absolute atomic E-state index is 13.2. The molecule has 0 saturated heterocycles. The Balaban J connectivity index is 2.00. The molecule has 0 amide bonds. The first-order valence-corrected chi connectivity index (χ1v) is 6.48. The molecule has 2 nitrogen and oxygen atoms in total. The highest BCUT2D eigenvalue weighted by atomic mass is 19.1. The number of nitrogens with zero attached hydrogens (tertiary/aromatic N) is 1. The Hall–Kier alpha value is -1.09. The van der Waals surface area contributed by atoms with E-state index in [0.717, 1.165) is 18.7 Å². The van der Waals surface area contributed by atoms with Crippen molar-refractivity contribution in [3.63, 3.8) is 0 Å². The van der Waals surface area contributed by atoms with Crippen molar-refractivity contribution in [1.82, 2.24) is 4.90 Å². The van der Waals surface area contributed by atoms with Gasteiger partial charge in [-0.05, 0) is 49.6 Å². The van der Waals surface area contributed by atoms with Gasteiger partial charge in [-0.15, -0.1) is 0 Å². The summed E-state index contributed by atoms with van der Waals surface area (Å²) in [6.07, 6.45) is 4.98. The van der Waals surface area contributed by atoms with Crippen LogP contribution < -0.4 is 5.73 Å². The minimum absolute atomic E-state index is 0.230. The molecule has 0 aliphatic heterocycles. The van der Waals surface area contributed by atoms with E-state index in [1.165, 1.54) is 31.7 Å². The topological polar surface area (TPSA) is 29.3 Å². The van der Waals surface area contributed by atoms with Crippen molar-refractivity contribution in [3.05, 3.63) is 29.6 Å². The lowest BCUT2D eigenvalue weighted by atomic mass is 10.1. The van der Waals surface area contributed by atoms with E-state index in [1.807, 2.05) is 6.07 Å². The number of hydrogen-bond acceptors (Lipinski definition) is 2. The second-order valence-electron chi connectivity index (χ2n) is 4.95. The van der Waals surface area contributed by atoms with Gasteiger partial charge in [-0.2, -0.15) is 0 Å². The van der Waals surface area contributed by atoms with Gasteiger partial charge >= 0.3 is 0 Å². The fourth-order valence-electron chi connectivity index (χ4n) is 2.19. The van der Waals surface area contributed by atoms with Crippen molar-refractivity contribution in [2.24, 2.45) is 0 Å². The van der Waals surface area contributed by atoms with E-state index >= 15 is 0 Å². The van der Waals surface area contributed by atoms with Crippen LogP contribution >= 0.6 is 0 Å². The molecule has 1 aliphatic rings. The summed E-state index contributed by atoms with van der Waals surface area (Å²) in [6, 6.07) is 5.56. The van der Waals surface area contributed by atoms with Crippen LogP contribution in [0.4, 0.5) is 10.1 Å². The Bertz CT molecular complexity index is 354. The molecule has 0 aromatic heterocycles. The second-order valence-corrected chi connectivity index (χ2v) is 4.95. The van der Waals surface area contributed by atoms with Crippen molar-refractivity contribution >= 4 is 5.69 Å². The fraction of sp³-hybridized carbons (Fsp3) is 0.571. The molecule has 1 aromatic rings. The first-order chi connectivity index (χ1) is 8.19. The lowest BCUT2D eigenvalue weighted by molar-refractivity contribution is 0.250. The molecule has 0 radical (unpaired) electrons. The van der Waals surface area contributed by atoms with Crippen LogP contribution in [0.1, 0.15) is 38.2 Å². The molecule has 94 valence electrons. The van der Waals surface area contributed by atoms with Gasteiger partial charge < -0.3 is 5.73 Å². The molecule has 0 atom stereocenters. The van der Waals surface area contributed by atoms with Crippen LogP contribution in [0.15, 0.2) is 18.2 Å². The van der Waals surface area contributed by atoms with Crippen molar-refractivity contribution in [2.45, 2.75) is 45.2 Å². The van der Waals surface area contributed by atoms with Crippen LogP contribution in [-0.2, 0) is 6.54 Å². The van der Waals surface area contributed by atoms with Crippen LogP contribution in [0.5, 0.6) is 0 Å². The van der Waals surface area contributed by atoms with E-state index in [2.05, 4.69) is 11.8 Å². The van der Waals surface area contributed by atoms with Crippen LogP contribution in [-0.4, -0.2) is 17.5 Å². The predicted molar refractivity (Wildman–Crippen MR) is 69.2 cm³/mol. The van der Waals surface area contributed by atoms with E-state index in [4.69, 9.17) is 5.73 Å². The second kappa shape index (κ2) is 5.50. The van der Waals surface area contributed by atoms with Gasteiger partial charge in [0.1, 0.15) is 5.82 Å².